The quantitative estimate of drug-likeness (QED) is 0.777. The smallest absolute Gasteiger partial charge is 0.315 e. The Morgan fingerprint density at radius 2 is 2.14 bits per heavy atom. The van der Waals surface area contributed by atoms with Crippen LogP contribution < -0.4 is 16.0 Å². The van der Waals surface area contributed by atoms with Crippen molar-refractivity contribution in [1.82, 2.24) is 20.6 Å². The lowest BCUT2D eigenvalue weighted by molar-refractivity contribution is -0.114. The molecule has 0 spiro atoms. The highest BCUT2D eigenvalue weighted by Crippen LogP contribution is 2.08. The number of amides is 3. The van der Waals surface area contributed by atoms with Gasteiger partial charge in [0.25, 0.3) is 0 Å². The molecule has 1 atom stereocenters. The van der Waals surface area contributed by atoms with Gasteiger partial charge < -0.3 is 20.4 Å². The van der Waals surface area contributed by atoms with Gasteiger partial charge in [-0.3, -0.25) is 4.79 Å². The highest BCUT2D eigenvalue weighted by molar-refractivity contribution is 5.87. The summed E-state index contributed by atoms with van der Waals surface area (Å²) < 4.78 is 5.11. The van der Waals surface area contributed by atoms with Crippen molar-refractivity contribution in [3.8, 4) is 0 Å². The molecule has 2 aromatic heterocycles. The predicted octanol–water partition coefficient (Wildman–Crippen LogP) is 1.59. The Bertz CT molecular complexity index is 624. The van der Waals surface area contributed by atoms with E-state index < -0.39 is 0 Å². The summed E-state index contributed by atoms with van der Waals surface area (Å²) in [7, 11) is 0. The van der Waals surface area contributed by atoms with E-state index in [9.17, 15) is 9.59 Å². The standard InChI is InChI=1S/C14H17N5O3/c1-9(13-15-5-6-22-13)18-14(21)17-8-11-3-4-12(16-7-11)19-10(2)20/h3-7,9H,8H2,1-2H3,(H,16,19,20)(H2,17,18,21). The van der Waals surface area contributed by atoms with Crippen LogP contribution in [0, 0.1) is 0 Å². The molecule has 8 heteroatoms. The topological polar surface area (TPSA) is 109 Å². The van der Waals surface area contributed by atoms with Crippen LogP contribution in [0.3, 0.4) is 0 Å². The summed E-state index contributed by atoms with van der Waals surface area (Å²) in [5, 5.41) is 7.98. The summed E-state index contributed by atoms with van der Waals surface area (Å²) >= 11 is 0. The van der Waals surface area contributed by atoms with Gasteiger partial charge >= 0.3 is 6.03 Å². The average Bonchev–Trinajstić information content (AvgIpc) is 3.00. The van der Waals surface area contributed by atoms with Crippen LogP contribution in [0.2, 0.25) is 0 Å². The summed E-state index contributed by atoms with van der Waals surface area (Å²) in [4.78, 5) is 30.7. The summed E-state index contributed by atoms with van der Waals surface area (Å²) in [6.07, 6.45) is 4.56. The van der Waals surface area contributed by atoms with Crippen LogP contribution in [-0.2, 0) is 11.3 Å². The Labute approximate surface area is 127 Å². The van der Waals surface area contributed by atoms with E-state index in [-0.39, 0.29) is 18.0 Å². The van der Waals surface area contributed by atoms with E-state index in [1.165, 1.54) is 19.4 Å². The Hall–Kier alpha value is -2.90. The highest BCUT2D eigenvalue weighted by atomic mass is 16.3. The number of rotatable bonds is 5. The lowest BCUT2D eigenvalue weighted by atomic mass is 10.3. The van der Waals surface area contributed by atoms with Gasteiger partial charge in [-0.2, -0.15) is 0 Å². The largest absolute Gasteiger partial charge is 0.447 e. The number of hydrogen-bond acceptors (Lipinski definition) is 5. The molecule has 0 aromatic carbocycles. The summed E-state index contributed by atoms with van der Waals surface area (Å²) in [6, 6.07) is 2.79. The maximum atomic E-state index is 11.8. The van der Waals surface area contributed by atoms with Gasteiger partial charge in [0, 0.05) is 19.7 Å². The first-order valence-electron chi connectivity index (χ1n) is 6.71. The second-order valence-electron chi connectivity index (χ2n) is 4.65. The van der Waals surface area contributed by atoms with Crippen molar-refractivity contribution in [2.75, 3.05) is 5.32 Å². The van der Waals surface area contributed by atoms with Crippen molar-refractivity contribution in [2.45, 2.75) is 26.4 Å². The number of carbonyl (C=O) groups is 2. The molecule has 3 amide bonds. The fourth-order valence-electron chi connectivity index (χ4n) is 1.72. The molecule has 0 aliphatic heterocycles. The molecule has 116 valence electrons. The molecule has 0 saturated carbocycles. The molecule has 2 rings (SSSR count). The molecule has 1 unspecified atom stereocenters. The molecule has 0 radical (unpaired) electrons. The van der Waals surface area contributed by atoms with Crippen LogP contribution in [0.1, 0.15) is 31.3 Å². The van der Waals surface area contributed by atoms with Crippen molar-refractivity contribution in [3.05, 3.63) is 42.2 Å². The Balaban J connectivity index is 1.79. The molecular weight excluding hydrogens is 286 g/mol. The zero-order chi connectivity index (χ0) is 15.9. The first kappa shape index (κ1) is 15.5. The zero-order valence-corrected chi connectivity index (χ0v) is 12.3. The van der Waals surface area contributed by atoms with Crippen molar-refractivity contribution >= 4 is 17.8 Å². The molecular formula is C14H17N5O3. The minimum atomic E-state index is -0.336. The minimum Gasteiger partial charge on any atom is -0.447 e. The molecule has 2 aromatic rings. The third-order valence-corrected chi connectivity index (χ3v) is 2.75. The second-order valence-corrected chi connectivity index (χ2v) is 4.65. The summed E-state index contributed by atoms with van der Waals surface area (Å²) in [5.74, 6) is 0.730. The normalized spacial score (nSPS) is 11.5. The first-order chi connectivity index (χ1) is 10.5. The van der Waals surface area contributed by atoms with Gasteiger partial charge in [0.15, 0.2) is 0 Å². The maximum absolute atomic E-state index is 11.8. The number of pyridine rings is 1. The average molecular weight is 303 g/mol. The predicted molar refractivity (Wildman–Crippen MR) is 78.8 cm³/mol. The number of aromatic nitrogens is 2. The molecule has 0 fully saturated rings. The van der Waals surface area contributed by atoms with Crippen LogP contribution in [0.25, 0.3) is 0 Å². The van der Waals surface area contributed by atoms with Crippen molar-refractivity contribution in [3.63, 3.8) is 0 Å². The number of urea groups is 1. The molecule has 0 bridgehead atoms. The molecule has 3 N–H and O–H groups in total. The Morgan fingerprint density at radius 3 is 2.73 bits per heavy atom. The van der Waals surface area contributed by atoms with E-state index in [0.717, 1.165) is 5.56 Å². The van der Waals surface area contributed by atoms with E-state index in [1.54, 1.807) is 25.3 Å². The van der Waals surface area contributed by atoms with Gasteiger partial charge in [-0.25, -0.2) is 14.8 Å². The van der Waals surface area contributed by atoms with Gasteiger partial charge in [-0.05, 0) is 18.6 Å². The second kappa shape index (κ2) is 7.21. The number of hydrogen-bond donors (Lipinski definition) is 3. The summed E-state index contributed by atoms with van der Waals surface area (Å²) in [5.41, 5.74) is 0.813. The molecule has 0 aliphatic rings. The van der Waals surface area contributed by atoms with Crippen molar-refractivity contribution in [2.24, 2.45) is 0 Å². The first-order valence-corrected chi connectivity index (χ1v) is 6.71. The third kappa shape index (κ3) is 4.58. The van der Waals surface area contributed by atoms with E-state index >= 15 is 0 Å². The lowest BCUT2D eigenvalue weighted by Crippen LogP contribution is -2.36. The lowest BCUT2D eigenvalue weighted by Gasteiger charge is -2.11. The van der Waals surface area contributed by atoms with Gasteiger partial charge in [0.1, 0.15) is 18.1 Å². The van der Waals surface area contributed by atoms with E-state index in [2.05, 4.69) is 25.9 Å². The number of nitrogens with zero attached hydrogens (tertiary/aromatic N) is 2. The molecule has 22 heavy (non-hydrogen) atoms. The van der Waals surface area contributed by atoms with E-state index in [1.807, 2.05) is 0 Å². The van der Waals surface area contributed by atoms with Crippen LogP contribution in [0.15, 0.2) is 35.2 Å². The zero-order valence-electron chi connectivity index (χ0n) is 12.3. The van der Waals surface area contributed by atoms with Crippen LogP contribution in [-0.4, -0.2) is 21.9 Å². The number of nitrogens with one attached hydrogen (secondary N) is 3. The van der Waals surface area contributed by atoms with Gasteiger partial charge in [0.2, 0.25) is 11.8 Å². The monoisotopic (exact) mass is 303 g/mol. The molecule has 0 saturated heterocycles. The van der Waals surface area contributed by atoms with Gasteiger partial charge in [-0.15, -0.1) is 0 Å². The number of anilines is 1. The van der Waals surface area contributed by atoms with Crippen LogP contribution in [0.4, 0.5) is 10.6 Å². The van der Waals surface area contributed by atoms with Crippen LogP contribution >= 0.6 is 0 Å². The van der Waals surface area contributed by atoms with Gasteiger partial charge in [0.05, 0.1) is 6.20 Å². The van der Waals surface area contributed by atoms with Crippen molar-refractivity contribution in [1.29, 1.82) is 0 Å². The number of carbonyl (C=O) groups excluding carboxylic acids is 2. The molecule has 2 heterocycles. The fraction of sp³-hybridized carbons (Fsp3) is 0.286. The summed E-state index contributed by atoms with van der Waals surface area (Å²) in [6.45, 7) is 3.50. The third-order valence-electron chi connectivity index (χ3n) is 2.75. The maximum Gasteiger partial charge on any atom is 0.315 e. The molecule has 8 nitrogen and oxygen atoms in total. The SMILES string of the molecule is CC(=O)Nc1ccc(CNC(=O)NC(C)c2ncco2)cn1. The van der Waals surface area contributed by atoms with Crippen LogP contribution in [0.5, 0.6) is 0 Å². The van der Waals surface area contributed by atoms with E-state index in [0.29, 0.717) is 18.3 Å². The van der Waals surface area contributed by atoms with Crippen molar-refractivity contribution < 1.29 is 14.0 Å². The van der Waals surface area contributed by atoms with Gasteiger partial charge in [-0.1, -0.05) is 6.07 Å². The Kier molecular flexibility index (Phi) is 5.07. The Morgan fingerprint density at radius 1 is 1.32 bits per heavy atom. The fourth-order valence-corrected chi connectivity index (χ4v) is 1.72. The minimum absolute atomic E-state index is 0.182. The molecule has 0 aliphatic carbocycles. The number of oxazole rings is 1. The van der Waals surface area contributed by atoms with E-state index in [4.69, 9.17) is 4.42 Å². The highest BCUT2D eigenvalue weighted by Gasteiger charge is 2.12.